The normalized spacial score (nSPS) is 17.6. The standard InChI is InChI=1S/C28H33N7O/c1-34-16-14-21(15-17-34)29-20-12-10-19(11-13-20)28(36)31-26-18-24(32-33-26)27-30-23-8-4-5-9-25(23)35(27)22-6-2-3-7-22/h4-5,8-13,18,21-22,29H,2-3,6-7,14-17H2,1H3,(H2,31,32,33,36). The van der Waals surface area contributed by atoms with Crippen molar-refractivity contribution in [3.63, 3.8) is 0 Å². The average molecular weight is 484 g/mol. The van der Waals surface area contributed by atoms with Gasteiger partial charge >= 0.3 is 0 Å². The van der Waals surface area contributed by atoms with Crippen molar-refractivity contribution in [2.45, 2.75) is 50.6 Å². The number of aromatic amines is 1. The summed E-state index contributed by atoms with van der Waals surface area (Å²) in [4.78, 5) is 20.2. The van der Waals surface area contributed by atoms with Gasteiger partial charge in [-0.3, -0.25) is 9.89 Å². The van der Waals surface area contributed by atoms with Crippen LogP contribution in [0.3, 0.4) is 0 Å². The van der Waals surface area contributed by atoms with Crippen molar-refractivity contribution >= 4 is 28.4 Å². The van der Waals surface area contributed by atoms with Gasteiger partial charge in [0.15, 0.2) is 11.6 Å². The number of rotatable bonds is 6. The number of fused-ring (bicyclic) bond motifs is 1. The molecule has 8 nitrogen and oxygen atoms in total. The average Bonchev–Trinajstić information content (AvgIpc) is 3.65. The van der Waals surface area contributed by atoms with Gasteiger partial charge in [0.05, 0.1) is 11.0 Å². The second kappa shape index (κ2) is 9.78. The molecule has 6 rings (SSSR count). The van der Waals surface area contributed by atoms with Gasteiger partial charge in [-0.15, -0.1) is 0 Å². The molecule has 0 bridgehead atoms. The first-order valence-corrected chi connectivity index (χ1v) is 13.0. The third-order valence-corrected chi connectivity index (χ3v) is 7.58. The first-order chi connectivity index (χ1) is 17.6. The van der Waals surface area contributed by atoms with Crippen LogP contribution < -0.4 is 10.6 Å². The lowest BCUT2D eigenvalue weighted by atomic mass is 10.0. The molecule has 186 valence electrons. The molecule has 36 heavy (non-hydrogen) atoms. The van der Waals surface area contributed by atoms with Gasteiger partial charge in [-0.25, -0.2) is 4.98 Å². The summed E-state index contributed by atoms with van der Waals surface area (Å²) < 4.78 is 2.34. The summed E-state index contributed by atoms with van der Waals surface area (Å²) in [5, 5.41) is 14.0. The van der Waals surface area contributed by atoms with E-state index in [1.54, 1.807) is 0 Å². The van der Waals surface area contributed by atoms with Crippen LogP contribution in [0.1, 0.15) is 54.9 Å². The number of anilines is 2. The largest absolute Gasteiger partial charge is 0.382 e. The fraction of sp³-hybridized carbons (Fsp3) is 0.393. The van der Waals surface area contributed by atoms with E-state index < -0.39 is 0 Å². The first-order valence-electron chi connectivity index (χ1n) is 13.0. The number of carbonyl (C=O) groups is 1. The molecule has 3 heterocycles. The van der Waals surface area contributed by atoms with E-state index in [1.807, 2.05) is 36.4 Å². The van der Waals surface area contributed by atoms with Crippen LogP contribution in [0.25, 0.3) is 22.6 Å². The Hall–Kier alpha value is -3.65. The highest BCUT2D eigenvalue weighted by Crippen LogP contribution is 2.36. The van der Waals surface area contributed by atoms with Crippen molar-refractivity contribution < 1.29 is 4.79 Å². The number of amides is 1. The maximum absolute atomic E-state index is 12.9. The van der Waals surface area contributed by atoms with Crippen molar-refractivity contribution in [2.75, 3.05) is 30.8 Å². The number of benzene rings is 2. The second-order valence-corrected chi connectivity index (χ2v) is 10.2. The summed E-state index contributed by atoms with van der Waals surface area (Å²) in [5.74, 6) is 1.19. The van der Waals surface area contributed by atoms with Crippen LogP contribution >= 0.6 is 0 Å². The van der Waals surface area contributed by atoms with Gasteiger partial charge in [-0.05, 0) is 82.2 Å². The van der Waals surface area contributed by atoms with E-state index in [4.69, 9.17) is 4.98 Å². The number of nitrogens with zero attached hydrogens (tertiary/aromatic N) is 4. The van der Waals surface area contributed by atoms with Gasteiger partial charge < -0.3 is 20.1 Å². The van der Waals surface area contributed by atoms with Crippen LogP contribution in [0.5, 0.6) is 0 Å². The van der Waals surface area contributed by atoms with Crippen molar-refractivity contribution in [1.82, 2.24) is 24.6 Å². The zero-order valence-electron chi connectivity index (χ0n) is 20.7. The van der Waals surface area contributed by atoms with Gasteiger partial charge in [-0.2, -0.15) is 5.10 Å². The SMILES string of the molecule is CN1CCC(Nc2ccc(C(=O)Nc3cc(-c4nc5ccccc5n4C4CCCC4)[nH]n3)cc2)CC1. The van der Waals surface area contributed by atoms with Gasteiger partial charge in [0.2, 0.25) is 0 Å². The highest BCUT2D eigenvalue weighted by atomic mass is 16.1. The molecule has 8 heteroatoms. The topological polar surface area (TPSA) is 90.9 Å². The molecule has 2 aromatic heterocycles. The number of piperidine rings is 1. The van der Waals surface area contributed by atoms with E-state index in [2.05, 4.69) is 55.5 Å². The number of imidazole rings is 1. The lowest BCUT2D eigenvalue weighted by molar-refractivity contribution is 0.102. The fourth-order valence-electron chi connectivity index (χ4n) is 5.56. The van der Waals surface area contributed by atoms with Crippen LogP contribution in [0.15, 0.2) is 54.6 Å². The molecular weight excluding hydrogens is 450 g/mol. The molecular formula is C28H33N7O. The van der Waals surface area contributed by atoms with E-state index in [-0.39, 0.29) is 5.91 Å². The monoisotopic (exact) mass is 483 g/mol. The van der Waals surface area contributed by atoms with Crippen LogP contribution in [-0.2, 0) is 0 Å². The van der Waals surface area contributed by atoms with E-state index in [0.29, 0.717) is 23.5 Å². The molecule has 4 aromatic rings. The van der Waals surface area contributed by atoms with Crippen molar-refractivity contribution in [3.8, 4) is 11.5 Å². The third-order valence-electron chi connectivity index (χ3n) is 7.58. The lowest BCUT2D eigenvalue weighted by Gasteiger charge is -2.30. The quantitative estimate of drug-likeness (QED) is 0.346. The van der Waals surface area contributed by atoms with E-state index in [9.17, 15) is 4.79 Å². The molecule has 1 saturated carbocycles. The van der Waals surface area contributed by atoms with Crippen LogP contribution in [0, 0.1) is 0 Å². The minimum absolute atomic E-state index is 0.178. The molecule has 3 N–H and O–H groups in total. The number of H-pyrrole nitrogens is 1. The first kappa shape index (κ1) is 22.8. The maximum atomic E-state index is 12.9. The maximum Gasteiger partial charge on any atom is 0.256 e. The Kier molecular flexibility index (Phi) is 6.19. The number of likely N-dealkylation sites (tertiary alicyclic amines) is 1. The van der Waals surface area contributed by atoms with Crippen molar-refractivity contribution in [2.24, 2.45) is 0 Å². The summed E-state index contributed by atoms with van der Waals surface area (Å²) in [7, 11) is 2.16. The Labute approximate surface area is 211 Å². The lowest BCUT2D eigenvalue weighted by Crippen LogP contribution is -2.36. The molecule has 1 saturated heterocycles. The molecule has 2 aromatic carbocycles. The number of hydrogen-bond donors (Lipinski definition) is 3. The molecule has 0 spiro atoms. The Balaban J connectivity index is 1.16. The number of nitrogens with one attached hydrogen (secondary N) is 3. The Morgan fingerprint density at radius 3 is 2.53 bits per heavy atom. The summed E-state index contributed by atoms with van der Waals surface area (Å²) in [6.07, 6.45) is 7.07. The molecule has 1 aliphatic carbocycles. The van der Waals surface area contributed by atoms with Gasteiger partial charge in [-0.1, -0.05) is 25.0 Å². The second-order valence-electron chi connectivity index (χ2n) is 10.2. The van der Waals surface area contributed by atoms with Gasteiger partial charge in [0.1, 0.15) is 5.69 Å². The van der Waals surface area contributed by atoms with Crippen LogP contribution in [0.4, 0.5) is 11.5 Å². The summed E-state index contributed by atoms with van der Waals surface area (Å²) in [5.41, 5.74) is 4.59. The number of carbonyl (C=O) groups excluding carboxylic acids is 1. The molecule has 0 unspecified atom stereocenters. The number of para-hydroxylation sites is 2. The highest BCUT2D eigenvalue weighted by Gasteiger charge is 2.24. The zero-order chi connectivity index (χ0) is 24.5. The van der Waals surface area contributed by atoms with Crippen molar-refractivity contribution in [3.05, 3.63) is 60.2 Å². The predicted molar refractivity (Wildman–Crippen MR) is 143 cm³/mol. The highest BCUT2D eigenvalue weighted by molar-refractivity contribution is 6.04. The van der Waals surface area contributed by atoms with E-state index in [1.165, 1.54) is 12.8 Å². The zero-order valence-corrected chi connectivity index (χ0v) is 20.7. The smallest absolute Gasteiger partial charge is 0.256 e. The number of aromatic nitrogens is 4. The molecule has 1 aliphatic heterocycles. The van der Waals surface area contributed by atoms with Crippen LogP contribution in [0.2, 0.25) is 0 Å². The minimum Gasteiger partial charge on any atom is -0.382 e. The van der Waals surface area contributed by atoms with Gasteiger partial charge in [0.25, 0.3) is 5.91 Å². The predicted octanol–water partition coefficient (Wildman–Crippen LogP) is 5.30. The molecule has 0 atom stereocenters. The summed E-state index contributed by atoms with van der Waals surface area (Å²) in [6.45, 7) is 2.22. The Morgan fingerprint density at radius 2 is 1.75 bits per heavy atom. The third kappa shape index (κ3) is 4.60. The van der Waals surface area contributed by atoms with E-state index >= 15 is 0 Å². The minimum atomic E-state index is -0.178. The molecule has 0 radical (unpaired) electrons. The Morgan fingerprint density at radius 1 is 1.00 bits per heavy atom. The summed E-state index contributed by atoms with van der Waals surface area (Å²) in [6, 6.07) is 18.7. The summed E-state index contributed by atoms with van der Waals surface area (Å²) >= 11 is 0. The van der Waals surface area contributed by atoms with E-state index in [0.717, 1.165) is 67.0 Å². The fourth-order valence-corrected chi connectivity index (χ4v) is 5.56. The molecule has 1 amide bonds. The number of hydrogen-bond acceptors (Lipinski definition) is 5. The van der Waals surface area contributed by atoms with Gasteiger partial charge in [0, 0.05) is 29.4 Å². The molecule has 2 fully saturated rings. The van der Waals surface area contributed by atoms with Crippen molar-refractivity contribution in [1.29, 1.82) is 0 Å². The Bertz CT molecular complexity index is 1340. The molecule has 2 aliphatic rings. The van der Waals surface area contributed by atoms with Crippen LogP contribution in [-0.4, -0.2) is 56.7 Å².